The van der Waals surface area contributed by atoms with Crippen LogP contribution >= 0.6 is 0 Å². The quantitative estimate of drug-likeness (QED) is 0.848. The molecule has 2 N–H and O–H groups in total. The van der Waals surface area contributed by atoms with Crippen molar-refractivity contribution in [3.8, 4) is 0 Å². The zero-order valence-electron chi connectivity index (χ0n) is 14.2. The van der Waals surface area contributed by atoms with Crippen molar-refractivity contribution in [2.45, 2.75) is 40.0 Å². The van der Waals surface area contributed by atoms with Gasteiger partial charge in [0, 0.05) is 12.5 Å². The van der Waals surface area contributed by atoms with Gasteiger partial charge in [-0.1, -0.05) is 51.1 Å². The third-order valence-corrected chi connectivity index (χ3v) is 4.94. The maximum absolute atomic E-state index is 12.6. The highest BCUT2D eigenvalue weighted by Gasteiger charge is 2.29. The van der Waals surface area contributed by atoms with Gasteiger partial charge in [-0.3, -0.25) is 4.79 Å². The molecule has 22 heavy (non-hydrogen) atoms. The van der Waals surface area contributed by atoms with Crippen molar-refractivity contribution in [1.82, 2.24) is 10.6 Å². The second-order valence-electron chi connectivity index (χ2n) is 7.32. The van der Waals surface area contributed by atoms with Gasteiger partial charge in [-0.15, -0.1) is 0 Å². The molecule has 1 saturated heterocycles. The molecule has 122 valence electrons. The Morgan fingerprint density at radius 1 is 1.23 bits per heavy atom. The molecule has 1 fully saturated rings. The van der Waals surface area contributed by atoms with E-state index in [4.69, 9.17) is 0 Å². The van der Waals surface area contributed by atoms with E-state index in [0.717, 1.165) is 38.9 Å². The summed E-state index contributed by atoms with van der Waals surface area (Å²) in [5, 5.41) is 6.62. The summed E-state index contributed by atoms with van der Waals surface area (Å²) in [7, 11) is 0. The fourth-order valence-corrected chi connectivity index (χ4v) is 3.14. The molecule has 3 nitrogen and oxygen atoms in total. The third kappa shape index (κ3) is 4.84. The molecule has 0 radical (unpaired) electrons. The van der Waals surface area contributed by atoms with Crippen LogP contribution in [0, 0.1) is 17.3 Å². The highest BCUT2D eigenvalue weighted by Crippen LogP contribution is 2.27. The van der Waals surface area contributed by atoms with E-state index in [1.807, 2.05) is 18.2 Å². The van der Waals surface area contributed by atoms with Crippen molar-refractivity contribution < 1.29 is 4.79 Å². The molecule has 1 aliphatic heterocycles. The average molecular weight is 302 g/mol. The van der Waals surface area contributed by atoms with Gasteiger partial charge in [0.2, 0.25) is 5.91 Å². The number of carbonyl (C=O) groups is 1. The van der Waals surface area contributed by atoms with Crippen molar-refractivity contribution in [3.63, 3.8) is 0 Å². The third-order valence-electron chi connectivity index (χ3n) is 4.94. The van der Waals surface area contributed by atoms with Crippen LogP contribution in [0.1, 0.15) is 39.2 Å². The topological polar surface area (TPSA) is 41.1 Å². The van der Waals surface area contributed by atoms with Gasteiger partial charge in [0.25, 0.3) is 0 Å². The Morgan fingerprint density at radius 2 is 1.86 bits per heavy atom. The van der Waals surface area contributed by atoms with Gasteiger partial charge in [0.05, 0.1) is 0 Å². The lowest BCUT2D eigenvalue weighted by atomic mass is 9.80. The summed E-state index contributed by atoms with van der Waals surface area (Å²) in [6, 6.07) is 10.3. The van der Waals surface area contributed by atoms with Gasteiger partial charge in [0.15, 0.2) is 0 Å². The van der Waals surface area contributed by atoms with Gasteiger partial charge in [-0.25, -0.2) is 0 Å². The highest BCUT2D eigenvalue weighted by atomic mass is 16.1. The second kappa shape index (κ2) is 7.77. The smallest absolute Gasteiger partial charge is 0.223 e. The summed E-state index contributed by atoms with van der Waals surface area (Å²) < 4.78 is 0. The van der Waals surface area contributed by atoms with E-state index in [1.54, 1.807) is 0 Å². The zero-order valence-corrected chi connectivity index (χ0v) is 14.2. The second-order valence-corrected chi connectivity index (χ2v) is 7.32. The number of hydrogen-bond donors (Lipinski definition) is 2. The van der Waals surface area contributed by atoms with Crippen LogP contribution in [0.2, 0.25) is 0 Å². The molecule has 0 aromatic heterocycles. The lowest BCUT2D eigenvalue weighted by Gasteiger charge is -2.35. The predicted octanol–water partition coefficient (Wildman–Crippen LogP) is 3.01. The molecular formula is C19H30N2O. The minimum Gasteiger partial charge on any atom is -0.355 e. The Balaban J connectivity index is 1.92. The lowest BCUT2D eigenvalue weighted by Crippen LogP contribution is -2.45. The molecule has 2 rings (SSSR count). The number of benzene rings is 1. The van der Waals surface area contributed by atoms with Crippen LogP contribution in [0.15, 0.2) is 30.3 Å². The number of piperidine rings is 1. The summed E-state index contributed by atoms with van der Waals surface area (Å²) in [5.41, 5.74) is 1.49. The van der Waals surface area contributed by atoms with Gasteiger partial charge in [-0.05, 0) is 49.2 Å². The number of carbonyl (C=O) groups excluding carboxylic acids is 1. The van der Waals surface area contributed by atoms with Crippen molar-refractivity contribution in [2.24, 2.45) is 17.3 Å². The molecule has 1 heterocycles. The molecule has 3 heteroatoms. The first-order valence-corrected chi connectivity index (χ1v) is 8.52. The van der Waals surface area contributed by atoms with Crippen LogP contribution in [0.5, 0.6) is 0 Å². The SMILES string of the molecule is CC(C)C(Cc1ccccc1)C(=O)NCC1(C)CCNCC1. The van der Waals surface area contributed by atoms with Crippen LogP contribution < -0.4 is 10.6 Å². The van der Waals surface area contributed by atoms with E-state index in [2.05, 4.69) is 43.5 Å². The van der Waals surface area contributed by atoms with Crippen LogP contribution in [0.3, 0.4) is 0 Å². The van der Waals surface area contributed by atoms with E-state index >= 15 is 0 Å². The number of amides is 1. The Morgan fingerprint density at radius 3 is 2.45 bits per heavy atom. The molecule has 0 bridgehead atoms. The van der Waals surface area contributed by atoms with Crippen molar-refractivity contribution in [1.29, 1.82) is 0 Å². The largest absolute Gasteiger partial charge is 0.355 e. The van der Waals surface area contributed by atoms with Gasteiger partial charge < -0.3 is 10.6 Å². The van der Waals surface area contributed by atoms with Crippen LogP contribution in [-0.4, -0.2) is 25.5 Å². The first-order chi connectivity index (χ1) is 10.5. The maximum Gasteiger partial charge on any atom is 0.223 e. The minimum atomic E-state index is 0.0488. The predicted molar refractivity (Wildman–Crippen MR) is 91.7 cm³/mol. The molecule has 1 aliphatic rings. The Hall–Kier alpha value is -1.35. The summed E-state index contributed by atoms with van der Waals surface area (Å²) in [5.74, 6) is 0.604. The highest BCUT2D eigenvalue weighted by molar-refractivity contribution is 5.79. The fraction of sp³-hybridized carbons (Fsp3) is 0.632. The van der Waals surface area contributed by atoms with E-state index in [-0.39, 0.29) is 17.2 Å². The molecular weight excluding hydrogens is 272 g/mol. The maximum atomic E-state index is 12.6. The first-order valence-electron chi connectivity index (χ1n) is 8.52. The fourth-order valence-electron chi connectivity index (χ4n) is 3.14. The molecule has 1 aromatic carbocycles. The molecule has 0 aliphatic carbocycles. The van der Waals surface area contributed by atoms with Crippen LogP contribution in [-0.2, 0) is 11.2 Å². The summed E-state index contributed by atoms with van der Waals surface area (Å²) in [4.78, 5) is 12.6. The zero-order chi connectivity index (χ0) is 16.0. The van der Waals surface area contributed by atoms with Crippen LogP contribution in [0.4, 0.5) is 0 Å². The monoisotopic (exact) mass is 302 g/mol. The minimum absolute atomic E-state index is 0.0488. The average Bonchev–Trinajstić information content (AvgIpc) is 2.52. The molecule has 1 atom stereocenters. The van der Waals surface area contributed by atoms with E-state index in [1.165, 1.54) is 5.56 Å². The first kappa shape index (κ1) is 17.0. The standard InChI is InChI=1S/C19H30N2O/c1-15(2)17(13-16-7-5-4-6-8-16)18(22)21-14-19(3)9-11-20-12-10-19/h4-8,15,17,20H,9-14H2,1-3H3,(H,21,22). The molecule has 1 aromatic rings. The molecule has 0 saturated carbocycles. The molecule has 0 spiro atoms. The number of hydrogen-bond acceptors (Lipinski definition) is 2. The van der Waals surface area contributed by atoms with Gasteiger partial charge in [-0.2, -0.15) is 0 Å². The van der Waals surface area contributed by atoms with E-state index in [9.17, 15) is 4.79 Å². The number of nitrogens with one attached hydrogen (secondary N) is 2. The summed E-state index contributed by atoms with van der Waals surface area (Å²) in [6.45, 7) is 9.48. The summed E-state index contributed by atoms with van der Waals surface area (Å²) in [6.07, 6.45) is 3.10. The Kier molecular flexibility index (Phi) is 6.01. The number of rotatable bonds is 6. The van der Waals surface area contributed by atoms with E-state index < -0.39 is 0 Å². The van der Waals surface area contributed by atoms with E-state index in [0.29, 0.717) is 5.92 Å². The van der Waals surface area contributed by atoms with Crippen LogP contribution in [0.25, 0.3) is 0 Å². The molecule has 1 unspecified atom stereocenters. The Bertz CT molecular complexity index is 464. The van der Waals surface area contributed by atoms with Gasteiger partial charge in [0.1, 0.15) is 0 Å². The Labute approximate surface area is 134 Å². The van der Waals surface area contributed by atoms with Crippen molar-refractivity contribution in [3.05, 3.63) is 35.9 Å². The summed E-state index contributed by atoms with van der Waals surface area (Å²) >= 11 is 0. The van der Waals surface area contributed by atoms with Gasteiger partial charge >= 0.3 is 0 Å². The molecule has 1 amide bonds. The lowest BCUT2D eigenvalue weighted by molar-refractivity contribution is -0.126. The normalized spacial score (nSPS) is 18.9. The van der Waals surface area contributed by atoms with Crippen molar-refractivity contribution >= 4 is 5.91 Å². The van der Waals surface area contributed by atoms with Crippen molar-refractivity contribution in [2.75, 3.05) is 19.6 Å².